The second-order valence-corrected chi connectivity index (χ2v) is 10.8. The summed E-state index contributed by atoms with van der Waals surface area (Å²) < 4.78 is 3.89. The molecule has 2 saturated heterocycles. The number of nitrogens with zero attached hydrogens (tertiary/aromatic N) is 7. The topological polar surface area (TPSA) is 86.8 Å². The number of aromatic nitrogens is 5. The number of aliphatic hydroxyl groups excluding tert-OH is 1. The SMILES string of the molecule is CN1CCC(n2cc(Nc3nc4c(N5CCC(CO)(c6ccc(Cl)cc6)CC5)cccn4n3)cn2)CC1. The minimum atomic E-state index is -0.250. The molecule has 0 bridgehead atoms. The molecule has 194 valence electrons. The van der Waals surface area contributed by atoms with Gasteiger partial charge in [0.15, 0.2) is 5.65 Å². The molecule has 3 aromatic heterocycles. The Kier molecular flexibility index (Phi) is 6.52. The number of piperidine rings is 2. The van der Waals surface area contributed by atoms with Gasteiger partial charge in [-0.1, -0.05) is 23.7 Å². The van der Waals surface area contributed by atoms with Gasteiger partial charge in [-0.25, -0.2) is 4.52 Å². The molecule has 0 saturated carbocycles. The summed E-state index contributed by atoms with van der Waals surface area (Å²) in [5.74, 6) is 0.554. The predicted octanol–water partition coefficient (Wildman–Crippen LogP) is 4.12. The van der Waals surface area contributed by atoms with Crippen molar-refractivity contribution in [2.75, 3.05) is 50.1 Å². The quantitative estimate of drug-likeness (QED) is 0.395. The van der Waals surface area contributed by atoms with Crippen LogP contribution >= 0.6 is 11.6 Å². The third-order valence-corrected chi connectivity index (χ3v) is 8.33. The highest BCUT2D eigenvalue weighted by atomic mass is 35.5. The van der Waals surface area contributed by atoms with Crippen LogP contribution in [-0.2, 0) is 5.41 Å². The number of rotatable bonds is 6. The maximum Gasteiger partial charge on any atom is 0.247 e. The molecule has 10 heteroatoms. The van der Waals surface area contributed by atoms with E-state index in [1.807, 2.05) is 47.2 Å². The lowest BCUT2D eigenvalue weighted by Gasteiger charge is -2.42. The van der Waals surface area contributed by atoms with Crippen molar-refractivity contribution in [3.05, 3.63) is 65.6 Å². The lowest BCUT2D eigenvalue weighted by molar-refractivity contribution is 0.165. The third-order valence-electron chi connectivity index (χ3n) is 8.08. The minimum absolute atomic E-state index is 0.122. The van der Waals surface area contributed by atoms with Gasteiger partial charge in [0.25, 0.3) is 0 Å². The number of aliphatic hydroxyl groups is 1. The molecule has 5 heterocycles. The van der Waals surface area contributed by atoms with Crippen LogP contribution in [0.5, 0.6) is 0 Å². The highest BCUT2D eigenvalue weighted by Gasteiger charge is 2.36. The number of benzene rings is 1. The molecule has 2 aliphatic heterocycles. The molecule has 9 nitrogen and oxygen atoms in total. The van der Waals surface area contributed by atoms with Gasteiger partial charge >= 0.3 is 0 Å². The van der Waals surface area contributed by atoms with Crippen molar-refractivity contribution in [3.8, 4) is 0 Å². The van der Waals surface area contributed by atoms with E-state index in [0.717, 1.165) is 74.4 Å². The number of nitrogens with one attached hydrogen (secondary N) is 1. The number of hydrogen-bond donors (Lipinski definition) is 2. The minimum Gasteiger partial charge on any atom is -0.395 e. The van der Waals surface area contributed by atoms with Crippen LogP contribution in [0.3, 0.4) is 0 Å². The Morgan fingerprint density at radius 3 is 2.57 bits per heavy atom. The molecule has 2 aliphatic rings. The Morgan fingerprint density at radius 1 is 1.08 bits per heavy atom. The Balaban J connectivity index is 1.17. The Bertz CT molecular complexity index is 1350. The average Bonchev–Trinajstić information content (AvgIpc) is 3.56. The molecule has 0 spiro atoms. The maximum atomic E-state index is 10.3. The lowest BCUT2D eigenvalue weighted by Crippen LogP contribution is -2.45. The zero-order chi connectivity index (χ0) is 25.4. The molecule has 0 unspecified atom stereocenters. The second kappa shape index (κ2) is 9.96. The molecule has 0 amide bonds. The highest BCUT2D eigenvalue weighted by Crippen LogP contribution is 2.38. The van der Waals surface area contributed by atoms with Gasteiger partial charge in [0, 0.05) is 35.9 Å². The van der Waals surface area contributed by atoms with Crippen molar-refractivity contribution in [2.24, 2.45) is 0 Å². The van der Waals surface area contributed by atoms with E-state index in [1.165, 1.54) is 0 Å². The summed E-state index contributed by atoms with van der Waals surface area (Å²) in [6.07, 6.45) is 9.75. The molecule has 0 radical (unpaired) electrons. The van der Waals surface area contributed by atoms with Gasteiger partial charge in [-0.15, -0.1) is 5.10 Å². The molecule has 1 aromatic carbocycles. The van der Waals surface area contributed by atoms with Crippen molar-refractivity contribution in [2.45, 2.75) is 37.1 Å². The summed E-state index contributed by atoms with van der Waals surface area (Å²) in [7, 11) is 2.17. The molecule has 2 fully saturated rings. The predicted molar refractivity (Wildman–Crippen MR) is 146 cm³/mol. The van der Waals surface area contributed by atoms with Crippen LogP contribution in [-0.4, -0.2) is 74.2 Å². The number of likely N-dealkylation sites (tertiary alicyclic amines) is 1. The van der Waals surface area contributed by atoms with Gasteiger partial charge in [0.05, 0.1) is 30.2 Å². The van der Waals surface area contributed by atoms with Crippen LogP contribution in [0.2, 0.25) is 5.02 Å². The zero-order valence-electron chi connectivity index (χ0n) is 21.1. The van der Waals surface area contributed by atoms with E-state index >= 15 is 0 Å². The van der Waals surface area contributed by atoms with Gasteiger partial charge in [0.2, 0.25) is 5.95 Å². The van der Waals surface area contributed by atoms with Crippen molar-refractivity contribution in [3.63, 3.8) is 0 Å². The van der Waals surface area contributed by atoms with E-state index in [0.29, 0.717) is 17.0 Å². The summed E-state index contributed by atoms with van der Waals surface area (Å²) in [6.45, 7) is 3.96. The first-order valence-corrected chi connectivity index (χ1v) is 13.4. The summed E-state index contributed by atoms with van der Waals surface area (Å²) in [4.78, 5) is 9.54. The van der Waals surface area contributed by atoms with E-state index in [4.69, 9.17) is 16.6 Å². The first-order chi connectivity index (χ1) is 18.0. The standard InChI is InChI=1S/C27H33ClN8O/c1-33-13-8-23(9-14-33)36-18-22(17-29-36)30-26-31-25-24(3-2-12-35(25)32-26)34-15-10-27(19-37,11-16-34)20-4-6-21(28)7-5-20/h2-7,12,17-18,23,37H,8-11,13-16,19H2,1H3,(H,30,32). The van der Waals surface area contributed by atoms with Gasteiger partial charge in [0.1, 0.15) is 0 Å². The van der Waals surface area contributed by atoms with Gasteiger partial charge in [-0.2, -0.15) is 10.1 Å². The Morgan fingerprint density at radius 2 is 1.84 bits per heavy atom. The van der Waals surface area contributed by atoms with E-state index in [1.54, 1.807) is 0 Å². The van der Waals surface area contributed by atoms with E-state index in [9.17, 15) is 5.11 Å². The Hall–Kier alpha value is -3.14. The summed E-state index contributed by atoms with van der Waals surface area (Å²) >= 11 is 6.10. The van der Waals surface area contributed by atoms with Gasteiger partial charge < -0.3 is 20.2 Å². The van der Waals surface area contributed by atoms with Gasteiger partial charge in [-0.3, -0.25) is 4.68 Å². The normalized spacial score (nSPS) is 18.9. The first-order valence-electron chi connectivity index (χ1n) is 13.0. The largest absolute Gasteiger partial charge is 0.395 e. The third kappa shape index (κ3) is 4.79. The maximum absolute atomic E-state index is 10.3. The second-order valence-electron chi connectivity index (χ2n) is 10.4. The zero-order valence-corrected chi connectivity index (χ0v) is 21.8. The molecule has 0 aliphatic carbocycles. The van der Waals surface area contributed by atoms with Crippen LogP contribution in [0.25, 0.3) is 5.65 Å². The van der Waals surface area contributed by atoms with Crippen LogP contribution < -0.4 is 10.2 Å². The summed E-state index contributed by atoms with van der Waals surface area (Å²) in [6, 6.07) is 12.4. The van der Waals surface area contributed by atoms with Crippen LogP contribution in [0.4, 0.5) is 17.3 Å². The van der Waals surface area contributed by atoms with Crippen molar-refractivity contribution >= 4 is 34.6 Å². The number of fused-ring (bicyclic) bond motifs is 1. The van der Waals surface area contributed by atoms with E-state index < -0.39 is 0 Å². The molecule has 37 heavy (non-hydrogen) atoms. The smallest absolute Gasteiger partial charge is 0.247 e. The van der Waals surface area contributed by atoms with Crippen LogP contribution in [0.15, 0.2) is 55.0 Å². The van der Waals surface area contributed by atoms with E-state index in [2.05, 4.69) is 49.3 Å². The highest BCUT2D eigenvalue weighted by molar-refractivity contribution is 6.30. The lowest BCUT2D eigenvalue weighted by atomic mass is 9.73. The number of hydrogen-bond acceptors (Lipinski definition) is 7. The molecule has 0 atom stereocenters. The number of pyridine rings is 1. The fourth-order valence-corrected chi connectivity index (χ4v) is 5.83. The number of anilines is 3. The fourth-order valence-electron chi connectivity index (χ4n) is 5.70. The Labute approximate surface area is 221 Å². The molecular formula is C27H33ClN8O. The van der Waals surface area contributed by atoms with Gasteiger partial charge in [-0.05, 0) is 75.6 Å². The van der Waals surface area contributed by atoms with Crippen molar-refractivity contribution in [1.82, 2.24) is 29.3 Å². The first kappa shape index (κ1) is 24.2. The average molecular weight is 521 g/mol. The summed E-state index contributed by atoms with van der Waals surface area (Å²) in [5, 5.41) is 23.7. The molecule has 2 N–H and O–H groups in total. The molecule has 6 rings (SSSR count). The monoisotopic (exact) mass is 520 g/mol. The number of halogens is 1. The van der Waals surface area contributed by atoms with Crippen molar-refractivity contribution < 1.29 is 5.11 Å². The van der Waals surface area contributed by atoms with Crippen LogP contribution in [0.1, 0.15) is 37.3 Å². The van der Waals surface area contributed by atoms with Crippen LogP contribution in [0, 0.1) is 0 Å². The molecular weight excluding hydrogens is 488 g/mol. The molecule has 4 aromatic rings. The summed E-state index contributed by atoms with van der Waals surface area (Å²) in [5.41, 5.74) is 3.65. The fraction of sp³-hybridized carbons (Fsp3) is 0.444. The van der Waals surface area contributed by atoms with E-state index in [-0.39, 0.29) is 12.0 Å². The van der Waals surface area contributed by atoms with Crippen molar-refractivity contribution in [1.29, 1.82) is 0 Å².